The van der Waals surface area contributed by atoms with E-state index in [4.69, 9.17) is 0 Å². The fraction of sp³-hybridized carbons (Fsp3) is 0.438. The Morgan fingerprint density at radius 3 is 2.36 bits per heavy atom. The number of benzene rings is 1. The summed E-state index contributed by atoms with van der Waals surface area (Å²) in [5.74, 6) is -0.413. The van der Waals surface area contributed by atoms with Gasteiger partial charge in [-0.1, -0.05) is 31.2 Å². The lowest BCUT2D eigenvalue weighted by molar-refractivity contribution is -0.130. The molecule has 2 rings (SSSR count). The smallest absolute Gasteiger partial charge is 0.322 e. The molecule has 6 heteroatoms. The van der Waals surface area contributed by atoms with Crippen LogP contribution in [0.3, 0.4) is 0 Å². The van der Waals surface area contributed by atoms with Crippen molar-refractivity contribution in [2.24, 2.45) is 0 Å². The average molecular weight is 303 g/mol. The fourth-order valence-corrected chi connectivity index (χ4v) is 2.36. The van der Waals surface area contributed by atoms with Gasteiger partial charge in [-0.2, -0.15) is 0 Å². The molecule has 1 aliphatic rings. The van der Waals surface area contributed by atoms with E-state index in [1.54, 1.807) is 11.9 Å². The molecule has 1 atom stereocenters. The Morgan fingerprint density at radius 2 is 1.82 bits per heavy atom. The number of carbonyl (C=O) groups is 3. The first-order chi connectivity index (χ1) is 10.5. The molecule has 1 aromatic rings. The number of rotatable bonds is 6. The van der Waals surface area contributed by atoms with E-state index < -0.39 is 12.1 Å². The molecule has 0 radical (unpaired) electrons. The number of imide groups is 1. The van der Waals surface area contributed by atoms with E-state index in [9.17, 15) is 14.4 Å². The van der Waals surface area contributed by atoms with Crippen molar-refractivity contribution in [2.45, 2.75) is 38.8 Å². The van der Waals surface area contributed by atoms with Crippen LogP contribution in [-0.2, 0) is 22.6 Å². The van der Waals surface area contributed by atoms with E-state index in [1.165, 1.54) is 5.56 Å². The highest BCUT2D eigenvalue weighted by molar-refractivity contribution is 6.04. The zero-order valence-electron chi connectivity index (χ0n) is 12.9. The normalized spacial score (nSPS) is 17.1. The number of nitrogens with one attached hydrogen (secondary N) is 2. The van der Waals surface area contributed by atoms with Crippen molar-refractivity contribution in [3.8, 4) is 0 Å². The first kappa shape index (κ1) is 16.0. The molecule has 22 heavy (non-hydrogen) atoms. The van der Waals surface area contributed by atoms with E-state index in [2.05, 4.69) is 29.7 Å². The van der Waals surface area contributed by atoms with Gasteiger partial charge in [0.25, 0.3) is 5.91 Å². The van der Waals surface area contributed by atoms with Crippen LogP contribution in [0.1, 0.15) is 30.9 Å². The van der Waals surface area contributed by atoms with Crippen molar-refractivity contribution in [1.82, 2.24) is 15.5 Å². The molecular formula is C16H21N3O3. The summed E-state index contributed by atoms with van der Waals surface area (Å²) >= 11 is 0. The monoisotopic (exact) mass is 303 g/mol. The van der Waals surface area contributed by atoms with Gasteiger partial charge in [-0.3, -0.25) is 14.9 Å². The minimum Gasteiger partial charge on any atom is -0.341 e. The van der Waals surface area contributed by atoms with Crippen molar-refractivity contribution in [3.05, 3.63) is 35.4 Å². The van der Waals surface area contributed by atoms with Gasteiger partial charge < -0.3 is 10.2 Å². The third-order valence-corrected chi connectivity index (χ3v) is 3.78. The van der Waals surface area contributed by atoms with E-state index >= 15 is 0 Å². The van der Waals surface area contributed by atoms with Crippen LogP contribution < -0.4 is 10.6 Å². The van der Waals surface area contributed by atoms with Crippen molar-refractivity contribution >= 4 is 17.8 Å². The predicted octanol–water partition coefficient (Wildman–Crippen LogP) is 1.20. The molecule has 2 N–H and O–H groups in total. The molecule has 0 aliphatic carbocycles. The predicted molar refractivity (Wildman–Crippen MR) is 82.0 cm³/mol. The topological polar surface area (TPSA) is 78.5 Å². The maximum atomic E-state index is 12.1. The van der Waals surface area contributed by atoms with Crippen LogP contribution in [0.25, 0.3) is 0 Å². The lowest BCUT2D eigenvalue weighted by Crippen LogP contribution is -2.32. The maximum Gasteiger partial charge on any atom is 0.322 e. The summed E-state index contributed by atoms with van der Waals surface area (Å²) in [4.78, 5) is 36.1. The van der Waals surface area contributed by atoms with Crippen LogP contribution in [0.2, 0.25) is 0 Å². The second kappa shape index (κ2) is 7.06. The van der Waals surface area contributed by atoms with E-state index in [1.807, 2.05) is 12.1 Å². The van der Waals surface area contributed by atoms with E-state index in [0.717, 1.165) is 12.0 Å². The summed E-state index contributed by atoms with van der Waals surface area (Å²) in [6.45, 7) is 2.63. The Kier molecular flexibility index (Phi) is 5.14. The summed E-state index contributed by atoms with van der Waals surface area (Å²) in [5, 5.41) is 4.65. The Balaban J connectivity index is 1.81. The number of aryl methyl sites for hydroxylation is 1. The highest BCUT2D eigenvalue weighted by Crippen LogP contribution is 2.10. The fourth-order valence-electron chi connectivity index (χ4n) is 2.36. The van der Waals surface area contributed by atoms with Gasteiger partial charge in [-0.05, 0) is 24.0 Å². The zero-order chi connectivity index (χ0) is 16.1. The molecule has 4 amide bonds. The Hall–Kier alpha value is -2.37. The van der Waals surface area contributed by atoms with Crippen LogP contribution in [0.15, 0.2) is 24.3 Å². The van der Waals surface area contributed by atoms with Gasteiger partial charge in [0.15, 0.2) is 0 Å². The molecule has 6 nitrogen and oxygen atoms in total. The van der Waals surface area contributed by atoms with Gasteiger partial charge in [-0.25, -0.2) is 4.79 Å². The quantitative estimate of drug-likeness (QED) is 0.775. The molecule has 0 bridgehead atoms. The van der Waals surface area contributed by atoms with Gasteiger partial charge in [0.05, 0.1) is 0 Å². The van der Waals surface area contributed by atoms with Crippen LogP contribution in [0, 0.1) is 0 Å². The third kappa shape index (κ3) is 4.07. The van der Waals surface area contributed by atoms with Crippen molar-refractivity contribution in [3.63, 3.8) is 0 Å². The molecule has 1 fully saturated rings. The van der Waals surface area contributed by atoms with Crippen LogP contribution >= 0.6 is 0 Å². The van der Waals surface area contributed by atoms with Gasteiger partial charge in [-0.15, -0.1) is 0 Å². The molecule has 0 unspecified atom stereocenters. The minimum atomic E-state index is -0.603. The first-order valence-electron chi connectivity index (χ1n) is 7.42. The zero-order valence-corrected chi connectivity index (χ0v) is 12.9. The Morgan fingerprint density at radius 1 is 1.18 bits per heavy atom. The molecule has 0 spiro atoms. The Labute approximate surface area is 129 Å². The van der Waals surface area contributed by atoms with Crippen molar-refractivity contribution in [2.75, 3.05) is 7.05 Å². The standard InChI is InChI=1S/C16H21N3O3/c1-3-11-4-6-12(7-5-11)10-19(2)14(20)9-8-13-15(21)18-16(22)17-13/h4-7,13H,3,8-10H2,1-2H3,(H2,17,18,21,22)/t13-/m1/s1. The number of urea groups is 1. The van der Waals surface area contributed by atoms with Crippen LogP contribution in [0.4, 0.5) is 4.79 Å². The first-order valence-corrected chi connectivity index (χ1v) is 7.42. The highest BCUT2D eigenvalue weighted by Gasteiger charge is 2.29. The lowest BCUT2D eigenvalue weighted by Gasteiger charge is -2.18. The van der Waals surface area contributed by atoms with Crippen LogP contribution in [0.5, 0.6) is 0 Å². The summed E-state index contributed by atoms with van der Waals surface area (Å²) < 4.78 is 0. The number of hydrogen-bond acceptors (Lipinski definition) is 3. The summed E-state index contributed by atoms with van der Waals surface area (Å²) in [6.07, 6.45) is 1.53. The molecule has 1 saturated heterocycles. The van der Waals surface area contributed by atoms with E-state index in [0.29, 0.717) is 13.0 Å². The van der Waals surface area contributed by atoms with E-state index in [-0.39, 0.29) is 18.2 Å². The summed E-state index contributed by atoms with van der Waals surface area (Å²) in [5.41, 5.74) is 2.33. The molecule has 1 aromatic carbocycles. The van der Waals surface area contributed by atoms with Gasteiger partial charge in [0.2, 0.25) is 5.91 Å². The molecule has 0 saturated carbocycles. The Bertz CT molecular complexity index is 569. The maximum absolute atomic E-state index is 12.1. The summed E-state index contributed by atoms with van der Waals surface area (Å²) in [7, 11) is 1.74. The molecule has 1 heterocycles. The third-order valence-electron chi connectivity index (χ3n) is 3.78. The second-order valence-electron chi connectivity index (χ2n) is 5.47. The van der Waals surface area contributed by atoms with Gasteiger partial charge in [0, 0.05) is 20.0 Å². The average Bonchev–Trinajstić information content (AvgIpc) is 2.83. The van der Waals surface area contributed by atoms with Gasteiger partial charge in [0.1, 0.15) is 6.04 Å². The van der Waals surface area contributed by atoms with Crippen LogP contribution in [-0.4, -0.2) is 35.8 Å². The van der Waals surface area contributed by atoms with Gasteiger partial charge >= 0.3 is 6.03 Å². The molecular weight excluding hydrogens is 282 g/mol. The lowest BCUT2D eigenvalue weighted by atomic mass is 10.1. The molecule has 1 aliphatic heterocycles. The number of amides is 4. The minimum absolute atomic E-state index is 0.0477. The number of carbonyl (C=O) groups excluding carboxylic acids is 3. The van der Waals surface area contributed by atoms with Crippen molar-refractivity contribution in [1.29, 1.82) is 0 Å². The largest absolute Gasteiger partial charge is 0.341 e. The van der Waals surface area contributed by atoms with Crippen molar-refractivity contribution < 1.29 is 14.4 Å². The molecule has 0 aromatic heterocycles. The SMILES string of the molecule is CCc1ccc(CN(C)C(=O)CC[C@H]2NC(=O)NC2=O)cc1. The summed E-state index contributed by atoms with van der Waals surface area (Å²) in [6, 6.07) is 7.07. The highest BCUT2D eigenvalue weighted by atomic mass is 16.2. The molecule has 118 valence electrons. The number of nitrogens with zero attached hydrogens (tertiary/aromatic N) is 1. The number of hydrogen-bond donors (Lipinski definition) is 2. The second-order valence-corrected chi connectivity index (χ2v) is 5.47.